The molecule has 0 saturated carbocycles. The van der Waals surface area contributed by atoms with Gasteiger partial charge in [-0.2, -0.15) is 0 Å². The van der Waals surface area contributed by atoms with Crippen LogP contribution in [-0.4, -0.2) is 4.86 Å². The minimum Gasteiger partial charge on any atom is -0.143 e. The highest BCUT2D eigenvalue weighted by atomic mass is 32.1. The maximum absolute atomic E-state index is 5.90. The Balaban J connectivity index is 2.69. The fourth-order valence-electron chi connectivity index (χ4n) is 2.90. The summed E-state index contributed by atoms with van der Waals surface area (Å²) in [7, 11) is 0. The third-order valence-corrected chi connectivity index (χ3v) is 5.95. The molecule has 0 radical (unpaired) electrons. The largest absolute Gasteiger partial charge is 0.143 e. The predicted octanol–water partition coefficient (Wildman–Crippen LogP) is 6.97. The lowest BCUT2D eigenvalue weighted by Crippen LogP contribution is -2.32. The van der Waals surface area contributed by atoms with Gasteiger partial charge < -0.3 is 0 Å². The molecule has 0 N–H and O–H groups in total. The second-order valence-electron chi connectivity index (χ2n) is 6.49. The summed E-state index contributed by atoms with van der Waals surface area (Å²) in [6.45, 7) is 6.27. The molecule has 0 bridgehead atoms. The Hall–Kier alpha value is -0.940. The monoisotopic (exact) mass is 416 g/mol. The van der Waals surface area contributed by atoms with Crippen molar-refractivity contribution in [2.24, 2.45) is 5.92 Å². The molecule has 0 aliphatic heterocycles. The fraction of sp³-hybridized carbons (Fsp3) is 0.227. The van der Waals surface area contributed by atoms with E-state index in [1.807, 2.05) is 43.4 Å². The van der Waals surface area contributed by atoms with Crippen molar-refractivity contribution in [2.75, 3.05) is 0 Å². The Bertz CT molecular complexity index is 840. The van der Waals surface area contributed by atoms with Crippen molar-refractivity contribution in [1.82, 2.24) is 0 Å². The Morgan fingerprint density at radius 1 is 1.23 bits per heavy atom. The molecular weight excluding hydrogens is 393 g/mol. The molecule has 0 nitrogen and oxygen atoms in total. The molecule has 0 aromatic heterocycles. The van der Waals surface area contributed by atoms with Crippen LogP contribution in [0.5, 0.6) is 0 Å². The lowest BCUT2D eigenvalue weighted by Gasteiger charge is -2.33. The average Bonchev–Trinajstić information content (AvgIpc) is 2.81. The van der Waals surface area contributed by atoms with Crippen molar-refractivity contribution in [1.29, 1.82) is 0 Å². The second kappa shape index (κ2) is 9.32. The Kier molecular flexibility index (Phi) is 7.65. The van der Waals surface area contributed by atoms with Gasteiger partial charge in [0.15, 0.2) is 0 Å². The van der Waals surface area contributed by atoms with Crippen molar-refractivity contribution in [2.45, 2.75) is 36.0 Å². The number of allylic oxidation sites excluding steroid dienone is 9. The van der Waals surface area contributed by atoms with Gasteiger partial charge in [0.1, 0.15) is 0 Å². The minimum atomic E-state index is -0.522. The molecule has 2 atom stereocenters. The van der Waals surface area contributed by atoms with Crippen molar-refractivity contribution in [3.8, 4) is 0 Å². The van der Waals surface area contributed by atoms with Gasteiger partial charge in [-0.1, -0.05) is 61.7 Å². The summed E-state index contributed by atoms with van der Waals surface area (Å²) in [5, 5.41) is 0. The van der Waals surface area contributed by atoms with E-state index < -0.39 is 5.41 Å². The Morgan fingerprint density at radius 3 is 2.65 bits per heavy atom. The number of hydrogen-bond acceptors (Lipinski definition) is 4. The highest BCUT2D eigenvalue weighted by Crippen LogP contribution is 2.40. The Labute approximate surface area is 179 Å². The summed E-state index contributed by atoms with van der Waals surface area (Å²) < 4.78 is 0. The second-order valence-corrected chi connectivity index (χ2v) is 8.44. The molecule has 1 aromatic rings. The first-order valence-electron chi connectivity index (χ1n) is 8.46. The van der Waals surface area contributed by atoms with E-state index in [0.717, 1.165) is 30.7 Å². The zero-order valence-corrected chi connectivity index (χ0v) is 18.7. The SMILES string of the molecule is C/C=C\C(S)=C/C(=S)C(C)(C1=CC=CC(C)C=C1)c1cc(S)ccc1S. The topological polar surface area (TPSA) is 0 Å². The fourth-order valence-corrected chi connectivity index (χ4v) is 4.18. The van der Waals surface area contributed by atoms with Gasteiger partial charge in [0.2, 0.25) is 0 Å². The molecular formula is C22H24S4. The minimum absolute atomic E-state index is 0.382. The summed E-state index contributed by atoms with van der Waals surface area (Å²) in [4.78, 5) is 3.39. The van der Waals surface area contributed by atoms with Crippen LogP contribution >= 0.6 is 50.1 Å². The van der Waals surface area contributed by atoms with Crippen LogP contribution in [0.3, 0.4) is 0 Å². The van der Waals surface area contributed by atoms with Crippen molar-refractivity contribution < 1.29 is 0 Å². The molecule has 26 heavy (non-hydrogen) atoms. The van der Waals surface area contributed by atoms with E-state index in [2.05, 4.69) is 69.5 Å². The summed E-state index contributed by atoms with van der Waals surface area (Å²) in [5.74, 6) is 0.382. The molecule has 2 rings (SSSR count). The van der Waals surface area contributed by atoms with E-state index in [0.29, 0.717) is 5.92 Å². The van der Waals surface area contributed by atoms with Gasteiger partial charge in [0.25, 0.3) is 0 Å². The molecule has 1 aromatic carbocycles. The highest BCUT2D eigenvalue weighted by Gasteiger charge is 2.35. The molecule has 0 amide bonds. The number of thiocarbonyl (C=S) groups is 1. The number of hydrogen-bond donors (Lipinski definition) is 3. The third kappa shape index (κ3) is 4.86. The number of rotatable bonds is 5. The normalized spacial score (nSPS) is 20.0. The van der Waals surface area contributed by atoms with Crippen LogP contribution in [0.25, 0.3) is 0 Å². The van der Waals surface area contributed by atoms with Gasteiger partial charge in [-0.15, -0.1) is 37.9 Å². The van der Waals surface area contributed by atoms with Crippen LogP contribution in [0.2, 0.25) is 0 Å². The molecule has 1 aliphatic carbocycles. The molecule has 0 spiro atoms. The molecule has 1 aliphatic rings. The lowest BCUT2D eigenvalue weighted by molar-refractivity contribution is 0.761. The molecule has 0 fully saturated rings. The summed E-state index contributed by atoms with van der Waals surface area (Å²) >= 11 is 19.7. The van der Waals surface area contributed by atoms with Gasteiger partial charge in [-0.25, -0.2) is 0 Å². The van der Waals surface area contributed by atoms with E-state index in [1.54, 1.807) is 0 Å². The first-order valence-corrected chi connectivity index (χ1v) is 10.2. The van der Waals surface area contributed by atoms with Crippen molar-refractivity contribution >= 4 is 55.0 Å². The molecule has 4 heteroatoms. The highest BCUT2D eigenvalue weighted by molar-refractivity contribution is 7.85. The van der Waals surface area contributed by atoms with Crippen LogP contribution in [0.4, 0.5) is 0 Å². The van der Waals surface area contributed by atoms with E-state index in [1.165, 1.54) is 0 Å². The summed E-state index contributed by atoms with van der Waals surface area (Å²) in [6.07, 6.45) is 16.6. The van der Waals surface area contributed by atoms with Gasteiger partial charge in [-0.05, 0) is 55.2 Å². The van der Waals surface area contributed by atoms with E-state index in [9.17, 15) is 0 Å². The van der Waals surface area contributed by atoms with Gasteiger partial charge in [0, 0.05) is 19.6 Å². The van der Waals surface area contributed by atoms with Gasteiger partial charge in [0.05, 0.1) is 5.41 Å². The van der Waals surface area contributed by atoms with Crippen molar-refractivity contribution in [3.63, 3.8) is 0 Å². The number of thiol groups is 3. The quantitative estimate of drug-likeness (QED) is 0.202. The Morgan fingerprint density at radius 2 is 1.96 bits per heavy atom. The van der Waals surface area contributed by atoms with Crippen LogP contribution in [-0.2, 0) is 5.41 Å². The molecule has 136 valence electrons. The van der Waals surface area contributed by atoms with Gasteiger partial charge in [-0.3, -0.25) is 0 Å². The summed E-state index contributed by atoms with van der Waals surface area (Å²) in [5.41, 5.74) is 1.64. The maximum atomic E-state index is 5.90. The van der Waals surface area contributed by atoms with E-state index >= 15 is 0 Å². The van der Waals surface area contributed by atoms with Crippen LogP contribution in [0.1, 0.15) is 26.3 Å². The van der Waals surface area contributed by atoms with E-state index in [4.69, 9.17) is 24.8 Å². The van der Waals surface area contributed by atoms with Crippen LogP contribution in [0, 0.1) is 5.92 Å². The maximum Gasteiger partial charge on any atom is 0.0536 e. The molecule has 2 unspecified atom stereocenters. The van der Waals surface area contributed by atoms with E-state index in [-0.39, 0.29) is 0 Å². The van der Waals surface area contributed by atoms with Gasteiger partial charge >= 0.3 is 0 Å². The molecule has 0 heterocycles. The van der Waals surface area contributed by atoms with Crippen molar-refractivity contribution in [3.05, 3.63) is 82.8 Å². The first-order chi connectivity index (χ1) is 12.3. The lowest BCUT2D eigenvalue weighted by atomic mass is 9.72. The zero-order chi connectivity index (χ0) is 19.3. The first kappa shape index (κ1) is 21.4. The smallest absolute Gasteiger partial charge is 0.0536 e. The van der Waals surface area contributed by atoms with Crippen LogP contribution in [0.15, 0.2) is 87.1 Å². The zero-order valence-electron chi connectivity index (χ0n) is 15.2. The average molecular weight is 417 g/mol. The van der Waals surface area contributed by atoms with Crippen LogP contribution < -0.4 is 0 Å². The predicted molar refractivity (Wildman–Crippen MR) is 128 cm³/mol. The molecule has 0 saturated heterocycles. The standard InChI is InChI=1S/C22H24S4/c1-4-6-17(23)14-21(26)22(3,16-8-5-7-15(2)9-10-16)19-13-18(24)11-12-20(19)25/h4-15,23-25H,1-3H3/b6-4-,17-14+. The number of benzene rings is 1. The summed E-state index contributed by atoms with van der Waals surface area (Å²) in [6, 6.07) is 5.96. The third-order valence-electron chi connectivity index (χ3n) is 4.48.